The highest BCUT2D eigenvalue weighted by molar-refractivity contribution is 8.76. The van der Waals surface area contributed by atoms with Crippen LogP contribution in [0.2, 0.25) is 0 Å². The Morgan fingerprint density at radius 3 is 2.90 bits per heavy atom. The highest BCUT2D eigenvalue weighted by atomic mass is 33.1. The Morgan fingerprint density at radius 2 is 2.23 bits per heavy atom. The van der Waals surface area contributed by atoms with Crippen LogP contribution in [0, 0.1) is 5.41 Å². The zero-order chi connectivity index (χ0) is 22.1. The first-order valence-corrected chi connectivity index (χ1v) is 13.3. The molecule has 164 valence electrons. The fourth-order valence-corrected chi connectivity index (χ4v) is 5.02. The van der Waals surface area contributed by atoms with E-state index < -0.39 is 20.0 Å². The van der Waals surface area contributed by atoms with Gasteiger partial charge >= 0.3 is 7.60 Å². The molecule has 0 aliphatic rings. The highest BCUT2D eigenvalue weighted by Crippen LogP contribution is 2.44. The van der Waals surface area contributed by atoms with Crippen LogP contribution in [0.4, 0.5) is 5.82 Å². The summed E-state index contributed by atoms with van der Waals surface area (Å²) in [6.07, 6.45) is 2.70. The summed E-state index contributed by atoms with van der Waals surface area (Å²) in [5.41, 5.74) is 1.22. The van der Waals surface area contributed by atoms with E-state index in [1.165, 1.54) is 0 Å². The number of hydrogen-bond donors (Lipinski definition) is 3. The molecule has 0 saturated heterocycles. The van der Waals surface area contributed by atoms with Crippen LogP contribution in [0.5, 0.6) is 0 Å². The summed E-state index contributed by atoms with van der Waals surface area (Å²) in [6, 6.07) is 7.60. The van der Waals surface area contributed by atoms with Crippen LogP contribution < -0.4 is 5.32 Å². The molecule has 3 N–H and O–H groups in total. The maximum absolute atomic E-state index is 12.4. The van der Waals surface area contributed by atoms with E-state index in [1.54, 1.807) is 46.5 Å². The minimum atomic E-state index is -3.93. The Labute approximate surface area is 184 Å². The lowest BCUT2D eigenvalue weighted by atomic mass is 10.2. The molecular weight excluding hydrogens is 445 g/mol. The standard InChI is InChI=1S/C18H26N5O4PS2/c1-13(9-23-11-22-16(17(19)20-2)18(23)21-3)26-12-28(24,25)27-10-14-7-5-6-8-15(14)30-29-4/h5-8,11,13,19,21H,2,9-10,12H2,1,3-4H3,(H,24,25). The van der Waals surface area contributed by atoms with E-state index in [0.29, 0.717) is 18.1 Å². The van der Waals surface area contributed by atoms with Gasteiger partial charge in [0.15, 0.2) is 5.84 Å². The third kappa shape index (κ3) is 6.97. The Bertz CT molecular complexity index is 924. The number of aliphatic imine (C=N–C) groups is 1. The SMILES string of the molecule is C=NC(=N)c1ncn(CC(C)OCP(=O)(O)OCc2ccccc2SSC)c1NC. The van der Waals surface area contributed by atoms with Crippen molar-refractivity contribution in [2.24, 2.45) is 4.99 Å². The maximum atomic E-state index is 12.4. The zero-order valence-corrected chi connectivity index (χ0v) is 19.6. The molecule has 1 aromatic heterocycles. The number of aromatic nitrogens is 2. The minimum absolute atomic E-state index is 0.0285. The molecule has 0 fully saturated rings. The van der Waals surface area contributed by atoms with Crippen molar-refractivity contribution in [3.63, 3.8) is 0 Å². The number of amidine groups is 1. The molecular formula is C18H26N5O4PS2. The third-order valence-corrected chi connectivity index (χ3v) is 6.79. The lowest BCUT2D eigenvalue weighted by molar-refractivity contribution is 0.0705. The predicted octanol–water partition coefficient (Wildman–Crippen LogP) is 4.09. The van der Waals surface area contributed by atoms with Gasteiger partial charge in [0.05, 0.1) is 25.6 Å². The normalized spacial score (nSPS) is 14.1. The predicted molar refractivity (Wildman–Crippen MR) is 124 cm³/mol. The number of nitrogens with one attached hydrogen (secondary N) is 2. The summed E-state index contributed by atoms with van der Waals surface area (Å²) in [5, 5.41) is 10.7. The molecule has 0 spiro atoms. The Balaban J connectivity index is 1.92. The number of hydrogen-bond acceptors (Lipinski definition) is 8. The molecule has 30 heavy (non-hydrogen) atoms. The summed E-state index contributed by atoms with van der Waals surface area (Å²) in [5.74, 6) is 0.550. The molecule has 2 aromatic rings. The number of anilines is 1. The molecule has 2 unspecified atom stereocenters. The maximum Gasteiger partial charge on any atom is 0.353 e. The van der Waals surface area contributed by atoms with Crippen molar-refractivity contribution < 1.29 is 18.7 Å². The van der Waals surface area contributed by atoms with E-state index in [0.717, 1.165) is 10.5 Å². The second-order valence-electron chi connectivity index (χ2n) is 6.23. The summed E-state index contributed by atoms with van der Waals surface area (Å²) in [6.45, 7) is 5.51. The quantitative estimate of drug-likeness (QED) is 0.183. The van der Waals surface area contributed by atoms with E-state index >= 15 is 0 Å². The van der Waals surface area contributed by atoms with Gasteiger partial charge in [-0.05, 0) is 31.5 Å². The molecule has 1 heterocycles. The Hall–Kier alpha value is -1.62. The monoisotopic (exact) mass is 471 g/mol. The van der Waals surface area contributed by atoms with Crippen molar-refractivity contribution >= 4 is 47.6 Å². The minimum Gasteiger partial charge on any atom is -0.373 e. The van der Waals surface area contributed by atoms with E-state index in [4.69, 9.17) is 14.7 Å². The molecule has 0 amide bonds. The van der Waals surface area contributed by atoms with E-state index in [2.05, 4.69) is 22.0 Å². The van der Waals surface area contributed by atoms with Crippen LogP contribution in [0.25, 0.3) is 0 Å². The fraction of sp³-hybridized carbons (Fsp3) is 0.389. The van der Waals surface area contributed by atoms with Crippen LogP contribution >= 0.6 is 29.2 Å². The van der Waals surface area contributed by atoms with Gasteiger partial charge in [-0.25, -0.2) is 9.98 Å². The van der Waals surface area contributed by atoms with Gasteiger partial charge in [-0.1, -0.05) is 39.8 Å². The number of nitrogens with zero attached hydrogens (tertiary/aromatic N) is 3. The first-order valence-electron chi connectivity index (χ1n) is 8.96. The van der Waals surface area contributed by atoms with Gasteiger partial charge in [0.2, 0.25) is 0 Å². The molecule has 12 heteroatoms. The van der Waals surface area contributed by atoms with Gasteiger partial charge in [0, 0.05) is 11.9 Å². The first kappa shape index (κ1) is 24.6. The van der Waals surface area contributed by atoms with Crippen molar-refractivity contribution in [3.8, 4) is 0 Å². The number of ether oxygens (including phenoxy) is 1. The average Bonchev–Trinajstić information content (AvgIpc) is 3.14. The fourth-order valence-electron chi connectivity index (χ4n) is 2.58. The van der Waals surface area contributed by atoms with E-state index in [1.807, 2.05) is 30.5 Å². The van der Waals surface area contributed by atoms with E-state index in [-0.39, 0.29) is 12.4 Å². The van der Waals surface area contributed by atoms with Gasteiger partial charge in [-0.3, -0.25) is 9.97 Å². The summed E-state index contributed by atoms with van der Waals surface area (Å²) >= 11 is 0. The largest absolute Gasteiger partial charge is 0.373 e. The van der Waals surface area contributed by atoms with Crippen molar-refractivity contribution in [3.05, 3.63) is 41.9 Å². The van der Waals surface area contributed by atoms with Gasteiger partial charge in [-0.2, -0.15) is 0 Å². The topological polar surface area (TPSA) is 122 Å². The molecule has 0 aliphatic heterocycles. The van der Waals surface area contributed by atoms with Crippen molar-refractivity contribution in [1.82, 2.24) is 9.55 Å². The van der Waals surface area contributed by atoms with E-state index in [9.17, 15) is 9.46 Å². The molecule has 9 nitrogen and oxygen atoms in total. The van der Waals surface area contributed by atoms with Crippen LogP contribution in [0.15, 0.2) is 40.5 Å². The highest BCUT2D eigenvalue weighted by Gasteiger charge is 2.23. The lowest BCUT2D eigenvalue weighted by Gasteiger charge is -2.18. The smallest absolute Gasteiger partial charge is 0.353 e. The Kier molecular flexibility index (Phi) is 9.60. The molecule has 0 radical (unpaired) electrons. The summed E-state index contributed by atoms with van der Waals surface area (Å²) in [7, 11) is 0.954. The second kappa shape index (κ2) is 11.7. The molecule has 0 bridgehead atoms. The number of rotatable bonds is 12. The van der Waals surface area contributed by atoms with Gasteiger partial charge < -0.3 is 24.0 Å². The van der Waals surface area contributed by atoms with Crippen LogP contribution in [-0.4, -0.2) is 52.8 Å². The molecule has 0 saturated carbocycles. The second-order valence-corrected chi connectivity index (χ2v) is 10.5. The molecule has 0 aliphatic carbocycles. The van der Waals surface area contributed by atoms with Gasteiger partial charge in [0.1, 0.15) is 17.9 Å². The van der Waals surface area contributed by atoms with Crippen molar-refractivity contribution in [1.29, 1.82) is 5.41 Å². The molecule has 2 rings (SSSR count). The van der Waals surface area contributed by atoms with Crippen LogP contribution in [-0.2, 0) is 27.0 Å². The molecule has 1 aromatic carbocycles. The van der Waals surface area contributed by atoms with Crippen LogP contribution in [0.3, 0.4) is 0 Å². The van der Waals surface area contributed by atoms with Gasteiger partial charge in [0.25, 0.3) is 0 Å². The summed E-state index contributed by atoms with van der Waals surface area (Å²) < 4.78 is 25.0. The molecule has 2 atom stereocenters. The van der Waals surface area contributed by atoms with Crippen molar-refractivity contribution in [2.45, 2.75) is 31.1 Å². The Morgan fingerprint density at radius 1 is 1.50 bits per heavy atom. The first-order chi connectivity index (χ1) is 14.3. The number of benzene rings is 1. The van der Waals surface area contributed by atoms with Crippen molar-refractivity contribution in [2.75, 3.05) is 25.0 Å². The van der Waals surface area contributed by atoms with Gasteiger partial charge in [-0.15, -0.1) is 0 Å². The zero-order valence-electron chi connectivity index (χ0n) is 17.1. The third-order valence-electron chi connectivity index (χ3n) is 4.00. The summed E-state index contributed by atoms with van der Waals surface area (Å²) in [4.78, 5) is 18.9. The number of imidazole rings is 1. The van der Waals surface area contributed by atoms with Crippen LogP contribution in [0.1, 0.15) is 18.2 Å². The lowest BCUT2D eigenvalue weighted by Crippen LogP contribution is -2.19. The average molecular weight is 472 g/mol.